The second-order valence-corrected chi connectivity index (χ2v) is 2.51. The van der Waals surface area contributed by atoms with Crippen LogP contribution < -0.4 is 5.73 Å². The average Bonchev–Trinajstić information content (AvgIpc) is 2.16. The van der Waals surface area contributed by atoms with E-state index in [1.54, 1.807) is 12.1 Å². The van der Waals surface area contributed by atoms with E-state index in [1.165, 1.54) is 0 Å². The SMILES string of the molecule is C=CC(N)c1ccccc1C=O. The minimum atomic E-state index is -0.258. The molecule has 0 aliphatic rings. The van der Waals surface area contributed by atoms with Crippen LogP contribution in [0.4, 0.5) is 0 Å². The first kappa shape index (κ1) is 8.68. The van der Waals surface area contributed by atoms with Gasteiger partial charge in [-0.15, -0.1) is 6.58 Å². The molecule has 1 aromatic rings. The summed E-state index contributed by atoms with van der Waals surface area (Å²) in [5.74, 6) is 0. The van der Waals surface area contributed by atoms with Crippen molar-refractivity contribution in [3.63, 3.8) is 0 Å². The summed E-state index contributed by atoms with van der Waals surface area (Å²) in [5.41, 5.74) is 7.15. The first-order valence-corrected chi connectivity index (χ1v) is 3.72. The Bertz CT molecular complexity index is 294. The maximum Gasteiger partial charge on any atom is 0.150 e. The van der Waals surface area contributed by atoms with E-state index in [2.05, 4.69) is 6.58 Å². The molecule has 0 aliphatic heterocycles. The molecule has 0 spiro atoms. The third-order valence-electron chi connectivity index (χ3n) is 1.74. The van der Waals surface area contributed by atoms with Crippen molar-refractivity contribution in [2.75, 3.05) is 0 Å². The van der Waals surface area contributed by atoms with Crippen molar-refractivity contribution in [2.24, 2.45) is 5.73 Å². The molecule has 0 aliphatic carbocycles. The van der Waals surface area contributed by atoms with E-state index in [-0.39, 0.29) is 6.04 Å². The molecule has 0 aromatic heterocycles. The normalized spacial score (nSPS) is 12.1. The predicted molar refractivity (Wildman–Crippen MR) is 49.0 cm³/mol. The van der Waals surface area contributed by atoms with Crippen molar-refractivity contribution in [2.45, 2.75) is 6.04 Å². The minimum absolute atomic E-state index is 0.258. The van der Waals surface area contributed by atoms with Crippen LogP contribution in [0.2, 0.25) is 0 Å². The molecule has 2 N–H and O–H groups in total. The highest BCUT2D eigenvalue weighted by molar-refractivity contribution is 5.77. The molecule has 0 heterocycles. The third kappa shape index (κ3) is 1.60. The van der Waals surface area contributed by atoms with E-state index in [9.17, 15) is 4.79 Å². The highest BCUT2D eigenvalue weighted by atomic mass is 16.1. The number of rotatable bonds is 3. The van der Waals surface area contributed by atoms with Gasteiger partial charge in [0.05, 0.1) is 0 Å². The summed E-state index contributed by atoms with van der Waals surface area (Å²) in [6.45, 7) is 3.57. The van der Waals surface area contributed by atoms with Gasteiger partial charge in [0.15, 0.2) is 0 Å². The van der Waals surface area contributed by atoms with Crippen LogP contribution in [-0.4, -0.2) is 6.29 Å². The second-order valence-electron chi connectivity index (χ2n) is 2.51. The smallest absolute Gasteiger partial charge is 0.150 e. The number of aldehydes is 1. The summed E-state index contributed by atoms with van der Waals surface area (Å²) < 4.78 is 0. The molecule has 12 heavy (non-hydrogen) atoms. The molecule has 1 atom stereocenters. The van der Waals surface area contributed by atoms with Gasteiger partial charge in [0.25, 0.3) is 0 Å². The number of carbonyl (C=O) groups excluding carboxylic acids is 1. The predicted octanol–water partition coefficient (Wildman–Crippen LogP) is 1.68. The van der Waals surface area contributed by atoms with Gasteiger partial charge >= 0.3 is 0 Å². The molecular formula is C10H11NO. The maximum atomic E-state index is 10.6. The van der Waals surface area contributed by atoms with Gasteiger partial charge < -0.3 is 5.73 Å². The lowest BCUT2D eigenvalue weighted by molar-refractivity contribution is 0.112. The van der Waals surface area contributed by atoms with Crippen molar-refractivity contribution in [3.05, 3.63) is 48.0 Å². The summed E-state index contributed by atoms with van der Waals surface area (Å²) in [7, 11) is 0. The largest absolute Gasteiger partial charge is 0.321 e. The summed E-state index contributed by atoms with van der Waals surface area (Å²) in [5, 5.41) is 0. The summed E-state index contributed by atoms with van der Waals surface area (Å²) in [4.78, 5) is 10.6. The van der Waals surface area contributed by atoms with Crippen LogP contribution in [0.15, 0.2) is 36.9 Å². The highest BCUT2D eigenvalue weighted by Crippen LogP contribution is 2.14. The zero-order chi connectivity index (χ0) is 8.97. The van der Waals surface area contributed by atoms with E-state index in [0.717, 1.165) is 11.8 Å². The summed E-state index contributed by atoms with van der Waals surface area (Å²) in [6, 6.07) is 6.97. The van der Waals surface area contributed by atoms with Crippen molar-refractivity contribution in [1.82, 2.24) is 0 Å². The Balaban J connectivity index is 3.12. The highest BCUT2D eigenvalue weighted by Gasteiger charge is 2.05. The van der Waals surface area contributed by atoms with Crippen LogP contribution in [0.3, 0.4) is 0 Å². The van der Waals surface area contributed by atoms with Gasteiger partial charge in [0.1, 0.15) is 6.29 Å². The molecule has 0 amide bonds. The first-order valence-electron chi connectivity index (χ1n) is 3.72. The molecule has 1 rings (SSSR count). The molecular weight excluding hydrogens is 150 g/mol. The number of carbonyl (C=O) groups is 1. The average molecular weight is 161 g/mol. The lowest BCUT2D eigenvalue weighted by Gasteiger charge is -2.08. The molecule has 0 saturated heterocycles. The molecule has 0 radical (unpaired) electrons. The Labute approximate surface area is 71.7 Å². The van der Waals surface area contributed by atoms with Crippen LogP contribution in [0.25, 0.3) is 0 Å². The number of nitrogens with two attached hydrogens (primary N) is 1. The Morgan fingerprint density at radius 2 is 2.08 bits per heavy atom. The zero-order valence-corrected chi connectivity index (χ0v) is 6.73. The van der Waals surface area contributed by atoms with E-state index in [4.69, 9.17) is 5.73 Å². The molecule has 0 bridgehead atoms. The summed E-state index contributed by atoms with van der Waals surface area (Å²) in [6.07, 6.45) is 2.42. The Kier molecular flexibility index (Phi) is 2.77. The van der Waals surface area contributed by atoms with Gasteiger partial charge in [-0.2, -0.15) is 0 Å². The number of hydrogen-bond donors (Lipinski definition) is 1. The lowest BCUT2D eigenvalue weighted by Crippen LogP contribution is -2.08. The van der Waals surface area contributed by atoms with Gasteiger partial charge in [-0.1, -0.05) is 30.3 Å². The van der Waals surface area contributed by atoms with Crippen LogP contribution in [0.1, 0.15) is 22.0 Å². The van der Waals surface area contributed by atoms with E-state index >= 15 is 0 Å². The van der Waals surface area contributed by atoms with Crippen LogP contribution in [0, 0.1) is 0 Å². The van der Waals surface area contributed by atoms with E-state index < -0.39 is 0 Å². The van der Waals surface area contributed by atoms with Crippen LogP contribution >= 0.6 is 0 Å². The van der Waals surface area contributed by atoms with Crippen molar-refractivity contribution in [1.29, 1.82) is 0 Å². The first-order chi connectivity index (χ1) is 5.79. The van der Waals surface area contributed by atoms with Crippen molar-refractivity contribution >= 4 is 6.29 Å². The van der Waals surface area contributed by atoms with Crippen molar-refractivity contribution in [3.8, 4) is 0 Å². The number of hydrogen-bond acceptors (Lipinski definition) is 2. The van der Waals surface area contributed by atoms with Gasteiger partial charge in [0.2, 0.25) is 0 Å². The van der Waals surface area contributed by atoms with E-state index in [1.807, 2.05) is 18.2 Å². The molecule has 2 heteroatoms. The Hall–Kier alpha value is -1.41. The standard InChI is InChI=1S/C10H11NO/c1-2-10(11)9-6-4-3-5-8(9)7-12/h2-7,10H,1,11H2. The molecule has 1 unspecified atom stereocenters. The topological polar surface area (TPSA) is 43.1 Å². The van der Waals surface area contributed by atoms with Gasteiger partial charge in [-0.05, 0) is 5.56 Å². The molecule has 0 saturated carbocycles. The van der Waals surface area contributed by atoms with Crippen LogP contribution in [-0.2, 0) is 0 Å². The Morgan fingerprint density at radius 1 is 1.42 bits per heavy atom. The molecule has 2 nitrogen and oxygen atoms in total. The minimum Gasteiger partial charge on any atom is -0.321 e. The number of benzene rings is 1. The third-order valence-corrected chi connectivity index (χ3v) is 1.74. The maximum absolute atomic E-state index is 10.6. The zero-order valence-electron chi connectivity index (χ0n) is 6.73. The quantitative estimate of drug-likeness (QED) is 0.541. The van der Waals surface area contributed by atoms with Gasteiger partial charge in [-0.3, -0.25) is 4.79 Å². The molecule has 1 aromatic carbocycles. The monoisotopic (exact) mass is 161 g/mol. The van der Waals surface area contributed by atoms with Crippen molar-refractivity contribution < 1.29 is 4.79 Å². The fourth-order valence-corrected chi connectivity index (χ4v) is 1.05. The van der Waals surface area contributed by atoms with Gasteiger partial charge in [-0.25, -0.2) is 0 Å². The molecule has 0 fully saturated rings. The molecule has 62 valence electrons. The summed E-state index contributed by atoms with van der Waals surface area (Å²) >= 11 is 0. The van der Waals surface area contributed by atoms with Gasteiger partial charge in [0, 0.05) is 11.6 Å². The second kappa shape index (κ2) is 3.83. The lowest BCUT2D eigenvalue weighted by atomic mass is 10.0. The van der Waals surface area contributed by atoms with Crippen LogP contribution in [0.5, 0.6) is 0 Å². The Morgan fingerprint density at radius 3 is 2.67 bits per heavy atom. The fraction of sp³-hybridized carbons (Fsp3) is 0.100. The van der Waals surface area contributed by atoms with E-state index in [0.29, 0.717) is 5.56 Å². The fourth-order valence-electron chi connectivity index (χ4n) is 1.05.